The number of hydrogen-bond donors (Lipinski definition) is 2. The maximum absolute atomic E-state index is 11.8. The average Bonchev–Trinajstić information content (AvgIpc) is 2.33. The third-order valence-corrected chi connectivity index (χ3v) is 3.59. The van der Waals surface area contributed by atoms with Crippen molar-refractivity contribution < 1.29 is 19.4 Å². The maximum atomic E-state index is 11.8. The number of hydrogen-bond acceptors (Lipinski definition) is 3. The first-order valence-corrected chi connectivity index (χ1v) is 8.22. The highest BCUT2D eigenvalue weighted by atomic mass is 16.6. The van der Waals surface area contributed by atoms with Gasteiger partial charge in [-0.3, -0.25) is 4.79 Å². The standard InChI is InChI=1S/C17H33NO4/c1-7-10-17(14(19)20,11-8-9-13(2)3)12-18-15(21)22-16(4,5)6/h13H,7-12H2,1-6H3,(H,18,21)(H,19,20). The van der Waals surface area contributed by atoms with Gasteiger partial charge in [0.25, 0.3) is 0 Å². The van der Waals surface area contributed by atoms with Gasteiger partial charge in [0, 0.05) is 6.54 Å². The molecule has 0 aliphatic heterocycles. The van der Waals surface area contributed by atoms with Gasteiger partial charge in [0.05, 0.1) is 5.41 Å². The molecule has 0 radical (unpaired) electrons. The van der Waals surface area contributed by atoms with Crippen LogP contribution in [0.2, 0.25) is 0 Å². The minimum absolute atomic E-state index is 0.114. The lowest BCUT2D eigenvalue weighted by Crippen LogP contribution is -2.44. The van der Waals surface area contributed by atoms with Crippen molar-refractivity contribution in [1.29, 1.82) is 0 Å². The summed E-state index contributed by atoms with van der Waals surface area (Å²) >= 11 is 0. The number of carbonyl (C=O) groups excluding carboxylic acids is 1. The molecule has 22 heavy (non-hydrogen) atoms. The fraction of sp³-hybridized carbons (Fsp3) is 0.882. The molecule has 0 bridgehead atoms. The van der Waals surface area contributed by atoms with Gasteiger partial charge in [-0.25, -0.2) is 4.79 Å². The summed E-state index contributed by atoms with van der Waals surface area (Å²) in [6.07, 6.45) is 3.17. The molecule has 0 heterocycles. The Morgan fingerprint density at radius 2 is 1.77 bits per heavy atom. The van der Waals surface area contributed by atoms with Crippen LogP contribution in [0, 0.1) is 11.3 Å². The van der Waals surface area contributed by atoms with E-state index in [4.69, 9.17) is 4.74 Å². The molecule has 0 spiro atoms. The van der Waals surface area contributed by atoms with Crippen molar-refractivity contribution in [2.45, 2.75) is 79.2 Å². The lowest BCUT2D eigenvalue weighted by atomic mass is 9.78. The van der Waals surface area contributed by atoms with Gasteiger partial charge < -0.3 is 15.2 Å². The average molecular weight is 315 g/mol. The SMILES string of the molecule is CCCC(CCCC(C)C)(CNC(=O)OC(C)(C)C)C(=O)O. The van der Waals surface area contributed by atoms with E-state index in [0.29, 0.717) is 18.8 Å². The molecule has 0 saturated carbocycles. The lowest BCUT2D eigenvalue weighted by molar-refractivity contribution is -0.149. The number of aliphatic carboxylic acids is 1. The van der Waals surface area contributed by atoms with Crippen LogP contribution in [-0.2, 0) is 9.53 Å². The third kappa shape index (κ3) is 8.25. The number of carboxylic acid groups (broad SMARTS) is 1. The molecule has 0 aromatic carbocycles. The van der Waals surface area contributed by atoms with Crippen LogP contribution in [0.15, 0.2) is 0 Å². The van der Waals surface area contributed by atoms with E-state index >= 15 is 0 Å². The summed E-state index contributed by atoms with van der Waals surface area (Å²) in [7, 11) is 0. The number of carboxylic acids is 1. The summed E-state index contributed by atoms with van der Waals surface area (Å²) < 4.78 is 5.19. The predicted octanol–water partition coefficient (Wildman–Crippen LogP) is 4.21. The molecule has 0 fully saturated rings. The second-order valence-corrected chi connectivity index (χ2v) is 7.48. The molecule has 5 heteroatoms. The zero-order chi connectivity index (χ0) is 17.4. The summed E-state index contributed by atoms with van der Waals surface area (Å²) in [6, 6.07) is 0. The number of amides is 1. The fourth-order valence-electron chi connectivity index (χ4n) is 2.47. The largest absolute Gasteiger partial charge is 0.481 e. The van der Waals surface area contributed by atoms with Crippen LogP contribution in [-0.4, -0.2) is 29.3 Å². The highest BCUT2D eigenvalue weighted by Gasteiger charge is 2.37. The van der Waals surface area contributed by atoms with Gasteiger partial charge in [0.1, 0.15) is 5.60 Å². The van der Waals surface area contributed by atoms with Gasteiger partial charge in [-0.05, 0) is 39.5 Å². The molecule has 0 aromatic heterocycles. The molecule has 1 atom stereocenters. The summed E-state index contributed by atoms with van der Waals surface area (Å²) in [6.45, 7) is 11.7. The Bertz CT molecular complexity index is 360. The normalized spacial score (nSPS) is 14.5. The Balaban J connectivity index is 4.77. The summed E-state index contributed by atoms with van der Waals surface area (Å²) in [5.74, 6) is -0.291. The van der Waals surface area contributed by atoms with Crippen LogP contribution < -0.4 is 5.32 Å². The molecule has 0 aromatic rings. The quantitative estimate of drug-likeness (QED) is 0.668. The summed E-state index contributed by atoms with van der Waals surface area (Å²) in [4.78, 5) is 23.6. The zero-order valence-electron chi connectivity index (χ0n) is 15.0. The van der Waals surface area contributed by atoms with Gasteiger partial charge in [-0.2, -0.15) is 0 Å². The van der Waals surface area contributed by atoms with Crippen LogP contribution in [0.3, 0.4) is 0 Å². The molecule has 1 amide bonds. The van der Waals surface area contributed by atoms with Crippen molar-refractivity contribution in [3.8, 4) is 0 Å². The molecular formula is C17H33NO4. The van der Waals surface area contributed by atoms with Crippen LogP contribution in [0.1, 0.15) is 73.6 Å². The van der Waals surface area contributed by atoms with E-state index in [1.54, 1.807) is 20.8 Å². The molecule has 2 N–H and O–H groups in total. The van der Waals surface area contributed by atoms with Crippen molar-refractivity contribution in [3.05, 3.63) is 0 Å². The molecular weight excluding hydrogens is 282 g/mol. The van der Waals surface area contributed by atoms with E-state index in [2.05, 4.69) is 19.2 Å². The molecule has 1 unspecified atom stereocenters. The summed E-state index contributed by atoms with van der Waals surface area (Å²) in [5, 5.41) is 12.3. The van der Waals surface area contributed by atoms with E-state index < -0.39 is 23.1 Å². The Labute approximate surface area is 134 Å². The first-order chi connectivity index (χ1) is 10.0. The Morgan fingerprint density at radius 1 is 1.18 bits per heavy atom. The van der Waals surface area contributed by atoms with Crippen molar-refractivity contribution >= 4 is 12.1 Å². The minimum Gasteiger partial charge on any atom is -0.481 e. The van der Waals surface area contributed by atoms with Gasteiger partial charge in [0.2, 0.25) is 0 Å². The van der Waals surface area contributed by atoms with Crippen LogP contribution in [0.5, 0.6) is 0 Å². The molecule has 0 saturated heterocycles. The minimum atomic E-state index is -0.902. The summed E-state index contributed by atoms with van der Waals surface area (Å²) in [5.41, 5.74) is -1.49. The van der Waals surface area contributed by atoms with Crippen LogP contribution in [0.25, 0.3) is 0 Å². The lowest BCUT2D eigenvalue weighted by Gasteiger charge is -2.30. The fourth-order valence-corrected chi connectivity index (χ4v) is 2.47. The monoisotopic (exact) mass is 315 g/mol. The first kappa shape index (κ1) is 20.7. The van der Waals surface area contributed by atoms with Gasteiger partial charge in [-0.15, -0.1) is 0 Å². The second-order valence-electron chi connectivity index (χ2n) is 7.48. The van der Waals surface area contributed by atoms with Crippen LogP contribution in [0.4, 0.5) is 4.79 Å². The highest BCUT2D eigenvalue weighted by molar-refractivity contribution is 5.76. The highest BCUT2D eigenvalue weighted by Crippen LogP contribution is 2.31. The molecule has 0 aliphatic rings. The predicted molar refractivity (Wildman–Crippen MR) is 87.9 cm³/mol. The van der Waals surface area contributed by atoms with E-state index in [1.165, 1.54) is 0 Å². The van der Waals surface area contributed by atoms with Crippen molar-refractivity contribution in [1.82, 2.24) is 5.32 Å². The van der Waals surface area contributed by atoms with E-state index in [1.807, 2.05) is 6.92 Å². The maximum Gasteiger partial charge on any atom is 0.407 e. The van der Waals surface area contributed by atoms with Gasteiger partial charge in [-0.1, -0.05) is 40.0 Å². The molecule has 130 valence electrons. The van der Waals surface area contributed by atoms with Crippen molar-refractivity contribution in [3.63, 3.8) is 0 Å². The molecule has 0 aliphatic carbocycles. The first-order valence-electron chi connectivity index (χ1n) is 8.22. The van der Waals surface area contributed by atoms with E-state index in [-0.39, 0.29) is 6.54 Å². The topological polar surface area (TPSA) is 75.6 Å². The van der Waals surface area contributed by atoms with E-state index in [9.17, 15) is 14.7 Å². The number of alkyl carbamates (subject to hydrolysis) is 1. The van der Waals surface area contributed by atoms with Crippen molar-refractivity contribution in [2.75, 3.05) is 6.54 Å². The Kier molecular flexibility index (Phi) is 8.49. The third-order valence-electron chi connectivity index (χ3n) is 3.59. The van der Waals surface area contributed by atoms with Gasteiger partial charge in [0.15, 0.2) is 0 Å². The van der Waals surface area contributed by atoms with Crippen molar-refractivity contribution in [2.24, 2.45) is 11.3 Å². The van der Waals surface area contributed by atoms with Crippen LogP contribution >= 0.6 is 0 Å². The number of ether oxygens (including phenoxy) is 1. The Hall–Kier alpha value is -1.26. The number of rotatable bonds is 9. The van der Waals surface area contributed by atoms with Gasteiger partial charge >= 0.3 is 12.1 Å². The molecule has 0 rings (SSSR count). The Morgan fingerprint density at radius 3 is 2.18 bits per heavy atom. The number of nitrogens with one attached hydrogen (secondary N) is 1. The molecule has 5 nitrogen and oxygen atoms in total. The number of carbonyl (C=O) groups is 2. The second kappa shape index (κ2) is 9.01. The zero-order valence-corrected chi connectivity index (χ0v) is 15.0. The van der Waals surface area contributed by atoms with E-state index in [0.717, 1.165) is 19.3 Å². The smallest absolute Gasteiger partial charge is 0.407 e.